The van der Waals surface area contributed by atoms with Gasteiger partial charge in [0.15, 0.2) is 5.69 Å². The van der Waals surface area contributed by atoms with Crippen LogP contribution in [0.4, 0.5) is 5.82 Å². The predicted octanol–water partition coefficient (Wildman–Crippen LogP) is 1.68. The van der Waals surface area contributed by atoms with Gasteiger partial charge in [0.1, 0.15) is 5.82 Å². The van der Waals surface area contributed by atoms with Crippen molar-refractivity contribution in [2.45, 2.75) is 32.7 Å². The van der Waals surface area contributed by atoms with Crippen molar-refractivity contribution in [2.75, 3.05) is 12.4 Å². The molecule has 5 nitrogen and oxygen atoms in total. The van der Waals surface area contributed by atoms with Gasteiger partial charge in [-0.3, -0.25) is 4.79 Å². The van der Waals surface area contributed by atoms with E-state index in [2.05, 4.69) is 34.7 Å². The summed E-state index contributed by atoms with van der Waals surface area (Å²) in [5.74, 6) is 1.73. The van der Waals surface area contributed by atoms with Gasteiger partial charge in [0.2, 0.25) is 0 Å². The van der Waals surface area contributed by atoms with E-state index in [1.165, 1.54) is 6.42 Å². The lowest BCUT2D eigenvalue weighted by Gasteiger charge is -2.19. The Kier molecular flexibility index (Phi) is 3.79. The normalized spacial score (nSPS) is 26.9. The van der Waals surface area contributed by atoms with Crippen LogP contribution in [0.25, 0.3) is 0 Å². The summed E-state index contributed by atoms with van der Waals surface area (Å²) in [6.07, 6.45) is 2.23. The fourth-order valence-corrected chi connectivity index (χ4v) is 2.40. The summed E-state index contributed by atoms with van der Waals surface area (Å²) in [7, 11) is 1.77. The molecule has 1 aliphatic carbocycles. The maximum atomic E-state index is 12.0. The van der Waals surface area contributed by atoms with E-state index in [1.807, 2.05) is 0 Å². The van der Waals surface area contributed by atoms with E-state index >= 15 is 0 Å². The number of hydrogen-bond donors (Lipinski definition) is 2. The van der Waals surface area contributed by atoms with Crippen LogP contribution < -0.4 is 10.6 Å². The summed E-state index contributed by atoms with van der Waals surface area (Å²) in [6.45, 7) is 4.43. The van der Waals surface area contributed by atoms with Crippen LogP contribution in [-0.4, -0.2) is 29.2 Å². The lowest BCUT2D eigenvalue weighted by atomic mass is 9.98. The number of carbonyl (C=O) groups is 1. The minimum Gasteiger partial charge on any atom is -0.372 e. The van der Waals surface area contributed by atoms with Crippen molar-refractivity contribution in [1.29, 1.82) is 0 Å². The molecule has 3 unspecified atom stereocenters. The Bertz CT molecular complexity index is 418. The average Bonchev–Trinajstić information content (AvgIpc) is 2.71. The van der Waals surface area contributed by atoms with Crippen LogP contribution in [-0.2, 0) is 0 Å². The Morgan fingerprint density at radius 1 is 1.28 bits per heavy atom. The summed E-state index contributed by atoms with van der Waals surface area (Å²) in [6, 6.07) is 3.71. The van der Waals surface area contributed by atoms with Gasteiger partial charge < -0.3 is 10.6 Å². The van der Waals surface area contributed by atoms with E-state index in [4.69, 9.17) is 0 Å². The van der Waals surface area contributed by atoms with Crippen LogP contribution in [0.15, 0.2) is 12.1 Å². The predicted molar refractivity (Wildman–Crippen MR) is 70.4 cm³/mol. The van der Waals surface area contributed by atoms with Crippen LogP contribution >= 0.6 is 0 Å². The Morgan fingerprint density at radius 3 is 2.56 bits per heavy atom. The molecule has 98 valence electrons. The largest absolute Gasteiger partial charge is 0.372 e. The number of carbonyl (C=O) groups excluding carboxylic acids is 1. The molecule has 0 saturated heterocycles. The van der Waals surface area contributed by atoms with Gasteiger partial charge in [-0.1, -0.05) is 13.8 Å². The third-order valence-electron chi connectivity index (χ3n) is 3.94. The molecule has 0 spiro atoms. The summed E-state index contributed by atoms with van der Waals surface area (Å²) in [4.78, 5) is 12.0. The maximum absolute atomic E-state index is 12.0. The molecule has 1 aromatic heterocycles. The van der Waals surface area contributed by atoms with E-state index in [9.17, 15) is 4.79 Å². The first kappa shape index (κ1) is 12.8. The lowest BCUT2D eigenvalue weighted by molar-refractivity contribution is 0.0921. The van der Waals surface area contributed by atoms with Gasteiger partial charge in [0.25, 0.3) is 5.91 Å². The average molecular weight is 248 g/mol. The van der Waals surface area contributed by atoms with Crippen molar-refractivity contribution >= 4 is 11.7 Å². The molecule has 0 radical (unpaired) electrons. The Labute approximate surface area is 107 Å². The molecular weight excluding hydrogens is 228 g/mol. The van der Waals surface area contributed by atoms with E-state index in [1.54, 1.807) is 19.2 Å². The van der Waals surface area contributed by atoms with E-state index in [-0.39, 0.29) is 11.9 Å². The SMILES string of the molecule is CNc1ccc(C(=O)NC2CCC(C)C2C)nn1. The topological polar surface area (TPSA) is 66.9 Å². The highest BCUT2D eigenvalue weighted by molar-refractivity contribution is 5.92. The zero-order chi connectivity index (χ0) is 13.1. The Balaban J connectivity index is 1.99. The molecule has 3 atom stereocenters. The smallest absolute Gasteiger partial charge is 0.272 e. The molecule has 1 aromatic rings. The number of anilines is 1. The molecule has 1 saturated carbocycles. The first-order chi connectivity index (χ1) is 8.61. The Morgan fingerprint density at radius 2 is 2.06 bits per heavy atom. The fourth-order valence-electron chi connectivity index (χ4n) is 2.40. The van der Waals surface area contributed by atoms with Crippen molar-refractivity contribution in [1.82, 2.24) is 15.5 Å². The number of hydrogen-bond acceptors (Lipinski definition) is 4. The number of amides is 1. The second kappa shape index (κ2) is 5.33. The lowest BCUT2D eigenvalue weighted by Crippen LogP contribution is -2.37. The number of aromatic nitrogens is 2. The minimum absolute atomic E-state index is 0.129. The van der Waals surface area contributed by atoms with Gasteiger partial charge in [-0.15, -0.1) is 10.2 Å². The maximum Gasteiger partial charge on any atom is 0.272 e. The van der Waals surface area contributed by atoms with Gasteiger partial charge in [0.05, 0.1) is 0 Å². The zero-order valence-electron chi connectivity index (χ0n) is 11.1. The van der Waals surface area contributed by atoms with Gasteiger partial charge in [-0.05, 0) is 36.8 Å². The molecule has 0 aliphatic heterocycles. The van der Waals surface area contributed by atoms with E-state index in [0.29, 0.717) is 23.3 Å². The van der Waals surface area contributed by atoms with Crippen LogP contribution in [0.2, 0.25) is 0 Å². The molecule has 2 rings (SSSR count). The highest BCUT2D eigenvalue weighted by Crippen LogP contribution is 2.31. The second-order valence-corrected chi connectivity index (χ2v) is 5.05. The van der Waals surface area contributed by atoms with Crippen LogP contribution in [0.1, 0.15) is 37.2 Å². The molecule has 5 heteroatoms. The zero-order valence-corrected chi connectivity index (χ0v) is 11.1. The fraction of sp³-hybridized carbons (Fsp3) is 0.615. The molecule has 0 aromatic carbocycles. The van der Waals surface area contributed by atoms with Crippen LogP contribution in [0.3, 0.4) is 0 Å². The number of nitrogens with one attached hydrogen (secondary N) is 2. The van der Waals surface area contributed by atoms with Gasteiger partial charge >= 0.3 is 0 Å². The molecule has 1 fully saturated rings. The van der Waals surface area contributed by atoms with Gasteiger partial charge in [0, 0.05) is 13.1 Å². The van der Waals surface area contributed by atoms with Crippen molar-refractivity contribution in [3.63, 3.8) is 0 Å². The van der Waals surface area contributed by atoms with E-state index < -0.39 is 0 Å². The van der Waals surface area contributed by atoms with Crippen molar-refractivity contribution in [3.8, 4) is 0 Å². The standard InChI is InChI=1S/C13H20N4O/c1-8-4-5-10(9(8)2)15-13(18)11-6-7-12(14-3)17-16-11/h6-10H,4-5H2,1-3H3,(H,14,17)(H,15,18). The van der Waals surface area contributed by atoms with Crippen LogP contribution in [0.5, 0.6) is 0 Å². The summed E-state index contributed by atoms with van der Waals surface area (Å²) < 4.78 is 0. The quantitative estimate of drug-likeness (QED) is 0.854. The number of nitrogens with zero attached hydrogens (tertiary/aromatic N) is 2. The summed E-state index contributed by atoms with van der Waals surface area (Å²) in [5, 5.41) is 13.7. The molecule has 1 heterocycles. The summed E-state index contributed by atoms with van der Waals surface area (Å²) >= 11 is 0. The van der Waals surface area contributed by atoms with Crippen LogP contribution in [0, 0.1) is 11.8 Å². The van der Waals surface area contributed by atoms with Gasteiger partial charge in [-0.2, -0.15) is 0 Å². The second-order valence-electron chi connectivity index (χ2n) is 5.05. The van der Waals surface area contributed by atoms with Crippen molar-refractivity contribution < 1.29 is 4.79 Å². The number of rotatable bonds is 3. The Hall–Kier alpha value is -1.65. The summed E-state index contributed by atoms with van der Waals surface area (Å²) in [5.41, 5.74) is 0.376. The van der Waals surface area contributed by atoms with Crippen molar-refractivity contribution in [3.05, 3.63) is 17.8 Å². The molecule has 18 heavy (non-hydrogen) atoms. The highest BCUT2D eigenvalue weighted by atomic mass is 16.2. The van der Waals surface area contributed by atoms with Gasteiger partial charge in [-0.25, -0.2) is 0 Å². The third-order valence-corrected chi connectivity index (χ3v) is 3.94. The molecule has 1 amide bonds. The molecule has 0 bridgehead atoms. The van der Waals surface area contributed by atoms with Crippen molar-refractivity contribution in [2.24, 2.45) is 11.8 Å². The molecule has 1 aliphatic rings. The minimum atomic E-state index is -0.129. The first-order valence-electron chi connectivity index (χ1n) is 6.44. The first-order valence-corrected chi connectivity index (χ1v) is 6.44. The monoisotopic (exact) mass is 248 g/mol. The molecular formula is C13H20N4O. The third kappa shape index (κ3) is 2.60. The van der Waals surface area contributed by atoms with E-state index in [0.717, 1.165) is 6.42 Å². The highest BCUT2D eigenvalue weighted by Gasteiger charge is 2.31. The molecule has 2 N–H and O–H groups in total.